The van der Waals surface area contributed by atoms with Gasteiger partial charge in [-0.1, -0.05) is 11.2 Å². The molecule has 0 unspecified atom stereocenters. The summed E-state index contributed by atoms with van der Waals surface area (Å²) < 4.78 is 42.6. The first-order valence-electron chi connectivity index (χ1n) is 7.15. The number of halogens is 1. The Morgan fingerprint density at radius 3 is 2.46 bits per heavy atom. The summed E-state index contributed by atoms with van der Waals surface area (Å²) in [6.45, 7) is 3.63. The number of rotatable bonds is 3. The molecule has 0 saturated heterocycles. The molecular weight excluding hydrogens is 331 g/mol. The van der Waals surface area contributed by atoms with Crippen LogP contribution in [0.2, 0.25) is 0 Å². The van der Waals surface area contributed by atoms with Gasteiger partial charge in [-0.05, 0) is 43.2 Å². The lowest BCUT2D eigenvalue weighted by molar-refractivity contribution is 0.400. The average molecular weight is 346 g/mol. The van der Waals surface area contributed by atoms with Crippen molar-refractivity contribution in [2.24, 2.45) is 0 Å². The summed E-state index contributed by atoms with van der Waals surface area (Å²) in [5.74, 6) is -0.290. The van der Waals surface area contributed by atoms with Crippen LogP contribution in [0.5, 0.6) is 0 Å². The zero-order valence-electron chi connectivity index (χ0n) is 13.4. The highest BCUT2D eigenvalue weighted by molar-refractivity contribution is 7.90. The number of hydrogen-bond acceptors (Lipinski definition) is 5. The van der Waals surface area contributed by atoms with Gasteiger partial charge in [0.05, 0.1) is 5.56 Å². The monoisotopic (exact) mass is 346 g/mol. The molecule has 5 nitrogen and oxygen atoms in total. The second kappa shape index (κ2) is 5.83. The number of sulfone groups is 1. The fourth-order valence-corrected chi connectivity index (χ4v) is 3.28. The summed E-state index contributed by atoms with van der Waals surface area (Å²) in [4.78, 5) is 3.80. The first kappa shape index (κ1) is 16.3. The summed E-state index contributed by atoms with van der Waals surface area (Å²) in [5.41, 5.74) is 3.35. The fourth-order valence-electron chi connectivity index (χ4n) is 2.55. The molecule has 7 heteroatoms. The van der Waals surface area contributed by atoms with Gasteiger partial charge in [0.2, 0.25) is 0 Å². The van der Waals surface area contributed by atoms with Crippen LogP contribution in [0.25, 0.3) is 22.4 Å². The van der Waals surface area contributed by atoms with Gasteiger partial charge in [-0.3, -0.25) is 4.98 Å². The van der Waals surface area contributed by atoms with Gasteiger partial charge in [0, 0.05) is 24.2 Å². The summed E-state index contributed by atoms with van der Waals surface area (Å²) in [6.07, 6.45) is 4.34. The minimum Gasteiger partial charge on any atom is -0.360 e. The van der Waals surface area contributed by atoms with E-state index in [0.717, 1.165) is 17.4 Å². The smallest absolute Gasteiger partial charge is 0.178 e. The van der Waals surface area contributed by atoms with Crippen LogP contribution in [0.1, 0.15) is 11.3 Å². The van der Waals surface area contributed by atoms with Crippen molar-refractivity contribution in [2.75, 3.05) is 6.26 Å². The lowest BCUT2D eigenvalue weighted by atomic mass is 10.00. The Hall–Kier alpha value is -2.54. The third-order valence-electron chi connectivity index (χ3n) is 3.63. The highest BCUT2D eigenvalue weighted by Gasteiger charge is 2.20. The molecule has 0 aliphatic rings. The fraction of sp³-hybridized carbons (Fsp3) is 0.176. The number of nitrogens with zero attached hydrogens (tertiary/aromatic N) is 2. The molecule has 1 aromatic carbocycles. The van der Waals surface area contributed by atoms with E-state index in [2.05, 4.69) is 10.1 Å². The first-order valence-corrected chi connectivity index (χ1v) is 9.05. The topological polar surface area (TPSA) is 73.1 Å². The third-order valence-corrected chi connectivity index (χ3v) is 4.76. The van der Waals surface area contributed by atoms with E-state index in [1.54, 1.807) is 25.4 Å². The molecule has 24 heavy (non-hydrogen) atoms. The van der Waals surface area contributed by atoms with Crippen LogP contribution in [-0.4, -0.2) is 24.8 Å². The normalized spacial score (nSPS) is 11.7. The second-order valence-corrected chi connectivity index (χ2v) is 7.61. The van der Waals surface area contributed by atoms with Crippen molar-refractivity contribution in [1.82, 2.24) is 10.1 Å². The van der Waals surface area contributed by atoms with Crippen molar-refractivity contribution in [1.29, 1.82) is 0 Å². The van der Waals surface area contributed by atoms with E-state index >= 15 is 0 Å². The summed E-state index contributed by atoms with van der Waals surface area (Å²) >= 11 is 0. The molecule has 0 fully saturated rings. The van der Waals surface area contributed by atoms with E-state index in [-0.39, 0.29) is 4.90 Å². The maximum Gasteiger partial charge on any atom is 0.178 e. The first-order chi connectivity index (χ1) is 11.3. The minimum absolute atomic E-state index is 0.334. The maximum atomic E-state index is 14.2. The molecule has 0 aliphatic carbocycles. The van der Waals surface area contributed by atoms with Crippen LogP contribution in [-0.2, 0) is 9.84 Å². The lowest BCUT2D eigenvalue weighted by Gasteiger charge is -2.06. The van der Waals surface area contributed by atoms with Crippen molar-refractivity contribution >= 4 is 9.84 Å². The Kier molecular flexibility index (Phi) is 3.96. The molecule has 0 aliphatic heterocycles. The van der Waals surface area contributed by atoms with Crippen LogP contribution in [0, 0.1) is 19.7 Å². The van der Waals surface area contributed by atoms with E-state index in [1.807, 2.05) is 13.0 Å². The number of aromatic nitrogens is 2. The molecule has 0 radical (unpaired) electrons. The molecule has 3 rings (SSSR count). The van der Waals surface area contributed by atoms with Gasteiger partial charge < -0.3 is 4.52 Å². The van der Waals surface area contributed by atoms with E-state index in [1.165, 1.54) is 12.1 Å². The lowest BCUT2D eigenvalue weighted by Crippen LogP contribution is -2.00. The molecule has 2 aromatic heterocycles. The average Bonchev–Trinajstić information content (AvgIpc) is 2.87. The van der Waals surface area contributed by atoms with Crippen molar-refractivity contribution in [3.8, 4) is 22.4 Å². The van der Waals surface area contributed by atoms with E-state index in [4.69, 9.17) is 4.52 Å². The van der Waals surface area contributed by atoms with Gasteiger partial charge in [-0.2, -0.15) is 0 Å². The van der Waals surface area contributed by atoms with Gasteiger partial charge in [0.1, 0.15) is 22.2 Å². The Labute approximate surface area is 139 Å². The Morgan fingerprint density at radius 2 is 1.83 bits per heavy atom. The largest absolute Gasteiger partial charge is 0.360 e. The molecule has 0 N–H and O–H groups in total. The standard InChI is InChI=1S/C17H15FN2O3S/c1-10-6-13(9-19-8-10)17-16(11(2)23-20-17)12-4-5-15(14(18)7-12)24(3,21)22/h4-9H,1-3H3. The molecule has 3 aromatic rings. The van der Waals surface area contributed by atoms with Gasteiger partial charge in [0.25, 0.3) is 0 Å². The molecular formula is C17H15FN2O3S. The quantitative estimate of drug-likeness (QED) is 0.725. The zero-order valence-corrected chi connectivity index (χ0v) is 14.2. The molecule has 0 amide bonds. The predicted molar refractivity (Wildman–Crippen MR) is 87.7 cm³/mol. The number of benzene rings is 1. The van der Waals surface area contributed by atoms with Crippen LogP contribution in [0.15, 0.2) is 46.1 Å². The highest BCUT2D eigenvalue weighted by Crippen LogP contribution is 2.35. The van der Waals surface area contributed by atoms with Gasteiger partial charge in [-0.15, -0.1) is 0 Å². The number of pyridine rings is 1. The van der Waals surface area contributed by atoms with E-state index in [9.17, 15) is 12.8 Å². The number of hydrogen-bond donors (Lipinski definition) is 0. The summed E-state index contributed by atoms with van der Waals surface area (Å²) in [6, 6.07) is 5.88. The summed E-state index contributed by atoms with van der Waals surface area (Å²) in [7, 11) is -3.62. The van der Waals surface area contributed by atoms with Gasteiger partial charge in [-0.25, -0.2) is 12.8 Å². The zero-order chi connectivity index (χ0) is 17.5. The highest BCUT2D eigenvalue weighted by atomic mass is 32.2. The van der Waals surface area contributed by atoms with Crippen LogP contribution < -0.4 is 0 Å². The maximum absolute atomic E-state index is 14.2. The molecule has 0 spiro atoms. The van der Waals surface area contributed by atoms with Gasteiger partial charge >= 0.3 is 0 Å². The second-order valence-electron chi connectivity index (χ2n) is 5.63. The Morgan fingerprint density at radius 1 is 1.08 bits per heavy atom. The molecule has 2 heterocycles. The third kappa shape index (κ3) is 2.94. The van der Waals surface area contributed by atoms with Crippen molar-refractivity contribution in [2.45, 2.75) is 18.7 Å². The van der Waals surface area contributed by atoms with Crippen LogP contribution in [0.3, 0.4) is 0 Å². The molecule has 124 valence electrons. The van der Waals surface area contributed by atoms with Crippen molar-refractivity contribution < 1.29 is 17.3 Å². The molecule has 0 atom stereocenters. The SMILES string of the molecule is Cc1cncc(-c2noc(C)c2-c2ccc(S(C)(=O)=O)c(F)c2)c1. The Balaban J connectivity index is 2.18. The van der Waals surface area contributed by atoms with E-state index in [0.29, 0.717) is 22.6 Å². The molecule has 0 saturated carbocycles. The minimum atomic E-state index is -3.62. The molecule has 0 bridgehead atoms. The summed E-state index contributed by atoms with van der Waals surface area (Å²) in [5, 5.41) is 4.05. The van der Waals surface area contributed by atoms with Crippen LogP contribution in [0.4, 0.5) is 4.39 Å². The van der Waals surface area contributed by atoms with Crippen molar-refractivity contribution in [3.63, 3.8) is 0 Å². The van der Waals surface area contributed by atoms with Gasteiger partial charge in [0.15, 0.2) is 9.84 Å². The predicted octanol–water partition coefficient (Wildman–Crippen LogP) is 3.56. The van der Waals surface area contributed by atoms with Crippen molar-refractivity contribution in [3.05, 3.63) is 53.8 Å². The number of aryl methyl sites for hydroxylation is 2. The van der Waals surface area contributed by atoms with E-state index < -0.39 is 15.7 Å². The Bertz CT molecular complexity index is 1030. The van der Waals surface area contributed by atoms with Crippen LogP contribution >= 0.6 is 0 Å².